The molecular formula is C9H16O3. The molecular weight excluding hydrogens is 156 g/mol. The first-order chi connectivity index (χ1) is 5.74. The summed E-state index contributed by atoms with van der Waals surface area (Å²) in [4.78, 5) is 10.5. The molecule has 0 aromatic heterocycles. The van der Waals surface area contributed by atoms with Crippen LogP contribution in [0.2, 0.25) is 0 Å². The van der Waals surface area contributed by atoms with Crippen molar-refractivity contribution in [2.24, 2.45) is 5.92 Å². The van der Waals surface area contributed by atoms with Crippen molar-refractivity contribution in [1.82, 2.24) is 0 Å². The Hall–Kier alpha value is -0.570. The van der Waals surface area contributed by atoms with Gasteiger partial charge in [0.25, 0.3) is 0 Å². The Bertz CT molecular complexity index is 156. The topological polar surface area (TPSA) is 46.5 Å². The SMILES string of the molecule is CO[C@H]1CCCCC1CC(=O)O. The second kappa shape index (κ2) is 4.45. The number of carboxylic acid groups (broad SMARTS) is 1. The molecule has 3 heteroatoms. The van der Waals surface area contributed by atoms with Crippen LogP contribution < -0.4 is 0 Å². The molecule has 0 heterocycles. The van der Waals surface area contributed by atoms with E-state index in [1.807, 2.05) is 0 Å². The summed E-state index contributed by atoms with van der Waals surface area (Å²) in [7, 11) is 1.67. The first-order valence-electron chi connectivity index (χ1n) is 4.48. The predicted octanol–water partition coefficient (Wildman–Crippen LogP) is 1.67. The molecule has 1 aliphatic carbocycles. The van der Waals surface area contributed by atoms with E-state index in [1.165, 1.54) is 6.42 Å². The highest BCUT2D eigenvalue weighted by molar-refractivity contribution is 5.67. The van der Waals surface area contributed by atoms with E-state index in [4.69, 9.17) is 9.84 Å². The van der Waals surface area contributed by atoms with Gasteiger partial charge < -0.3 is 9.84 Å². The summed E-state index contributed by atoms with van der Waals surface area (Å²) in [5.41, 5.74) is 0. The second-order valence-corrected chi connectivity index (χ2v) is 3.42. The molecule has 0 aromatic rings. The van der Waals surface area contributed by atoms with Crippen molar-refractivity contribution < 1.29 is 14.6 Å². The van der Waals surface area contributed by atoms with Crippen molar-refractivity contribution in [2.75, 3.05) is 7.11 Å². The number of ether oxygens (including phenoxy) is 1. The predicted molar refractivity (Wildman–Crippen MR) is 45.0 cm³/mol. The molecule has 0 saturated heterocycles. The molecule has 2 atom stereocenters. The average Bonchev–Trinajstić information content (AvgIpc) is 2.04. The molecule has 1 fully saturated rings. The number of methoxy groups -OCH3 is 1. The monoisotopic (exact) mass is 172 g/mol. The Balaban J connectivity index is 2.41. The fraction of sp³-hybridized carbons (Fsp3) is 0.889. The van der Waals surface area contributed by atoms with Gasteiger partial charge in [0.05, 0.1) is 12.5 Å². The van der Waals surface area contributed by atoms with Gasteiger partial charge in [-0.2, -0.15) is 0 Å². The van der Waals surface area contributed by atoms with Gasteiger partial charge in [-0.1, -0.05) is 12.8 Å². The van der Waals surface area contributed by atoms with Gasteiger partial charge in [0, 0.05) is 7.11 Å². The van der Waals surface area contributed by atoms with E-state index in [9.17, 15) is 4.79 Å². The summed E-state index contributed by atoms with van der Waals surface area (Å²) in [5, 5.41) is 8.62. The summed E-state index contributed by atoms with van der Waals surface area (Å²) >= 11 is 0. The molecule has 70 valence electrons. The molecule has 1 aliphatic rings. The smallest absolute Gasteiger partial charge is 0.303 e. The number of aliphatic carboxylic acids is 1. The number of carbonyl (C=O) groups is 1. The first kappa shape index (κ1) is 9.52. The highest BCUT2D eigenvalue weighted by atomic mass is 16.5. The highest BCUT2D eigenvalue weighted by Crippen LogP contribution is 2.28. The fourth-order valence-corrected chi connectivity index (χ4v) is 1.94. The van der Waals surface area contributed by atoms with E-state index in [1.54, 1.807) is 7.11 Å². The quantitative estimate of drug-likeness (QED) is 0.704. The Labute approximate surface area is 72.7 Å². The van der Waals surface area contributed by atoms with E-state index in [2.05, 4.69) is 0 Å². The lowest BCUT2D eigenvalue weighted by Gasteiger charge is -2.29. The third kappa shape index (κ3) is 2.48. The maximum Gasteiger partial charge on any atom is 0.303 e. The van der Waals surface area contributed by atoms with Crippen LogP contribution in [0, 0.1) is 5.92 Å². The lowest BCUT2D eigenvalue weighted by atomic mass is 9.84. The zero-order valence-corrected chi connectivity index (χ0v) is 7.45. The largest absolute Gasteiger partial charge is 0.481 e. The number of rotatable bonds is 3. The van der Waals surface area contributed by atoms with E-state index >= 15 is 0 Å². The molecule has 0 radical (unpaired) electrons. The van der Waals surface area contributed by atoms with Gasteiger partial charge >= 0.3 is 5.97 Å². The van der Waals surface area contributed by atoms with E-state index in [-0.39, 0.29) is 18.4 Å². The van der Waals surface area contributed by atoms with E-state index in [0.29, 0.717) is 0 Å². The highest BCUT2D eigenvalue weighted by Gasteiger charge is 2.26. The summed E-state index contributed by atoms with van der Waals surface area (Å²) in [5.74, 6) is -0.467. The molecule has 0 amide bonds. The number of hydrogen-bond donors (Lipinski definition) is 1. The second-order valence-electron chi connectivity index (χ2n) is 3.42. The Morgan fingerprint density at radius 1 is 1.50 bits per heavy atom. The van der Waals surface area contributed by atoms with Gasteiger partial charge in [-0.15, -0.1) is 0 Å². The molecule has 0 spiro atoms. The summed E-state index contributed by atoms with van der Waals surface area (Å²) in [6.07, 6.45) is 4.79. The van der Waals surface area contributed by atoms with Crippen molar-refractivity contribution in [3.05, 3.63) is 0 Å². The molecule has 1 N–H and O–H groups in total. The van der Waals surface area contributed by atoms with Crippen LogP contribution in [0.5, 0.6) is 0 Å². The van der Waals surface area contributed by atoms with Crippen LogP contribution in [0.3, 0.4) is 0 Å². The van der Waals surface area contributed by atoms with Crippen LogP contribution in [0.15, 0.2) is 0 Å². The normalized spacial score (nSPS) is 30.1. The van der Waals surface area contributed by atoms with Crippen LogP contribution in [0.4, 0.5) is 0 Å². The third-order valence-corrected chi connectivity index (χ3v) is 2.58. The Kier molecular flexibility index (Phi) is 3.53. The summed E-state index contributed by atoms with van der Waals surface area (Å²) in [6, 6.07) is 0. The Morgan fingerprint density at radius 2 is 2.17 bits per heavy atom. The molecule has 1 saturated carbocycles. The van der Waals surface area contributed by atoms with Crippen LogP contribution in [-0.4, -0.2) is 24.3 Å². The van der Waals surface area contributed by atoms with Gasteiger partial charge in [-0.25, -0.2) is 0 Å². The lowest BCUT2D eigenvalue weighted by Crippen LogP contribution is -2.28. The van der Waals surface area contributed by atoms with E-state index in [0.717, 1.165) is 19.3 Å². The zero-order chi connectivity index (χ0) is 8.97. The van der Waals surface area contributed by atoms with Crippen molar-refractivity contribution >= 4 is 5.97 Å². The number of carboxylic acids is 1. The maximum atomic E-state index is 10.5. The minimum absolute atomic E-state index is 0.176. The first-order valence-corrected chi connectivity index (χ1v) is 4.48. The number of hydrogen-bond acceptors (Lipinski definition) is 2. The zero-order valence-electron chi connectivity index (χ0n) is 7.45. The van der Waals surface area contributed by atoms with Gasteiger partial charge in [0.15, 0.2) is 0 Å². The summed E-state index contributed by atoms with van der Waals surface area (Å²) in [6.45, 7) is 0. The van der Waals surface area contributed by atoms with E-state index < -0.39 is 5.97 Å². The molecule has 12 heavy (non-hydrogen) atoms. The standard InChI is InChI=1S/C9H16O3/c1-12-8-5-3-2-4-7(8)6-9(10)11/h7-8H,2-6H2,1H3,(H,10,11)/t7?,8-/m0/s1. The molecule has 0 bridgehead atoms. The van der Waals surface area contributed by atoms with Crippen LogP contribution in [-0.2, 0) is 9.53 Å². The van der Waals surface area contributed by atoms with Crippen LogP contribution in [0.1, 0.15) is 32.1 Å². The minimum atomic E-state index is -0.705. The van der Waals surface area contributed by atoms with Crippen LogP contribution in [0.25, 0.3) is 0 Å². The van der Waals surface area contributed by atoms with Crippen molar-refractivity contribution in [1.29, 1.82) is 0 Å². The molecule has 3 nitrogen and oxygen atoms in total. The molecule has 0 aliphatic heterocycles. The molecule has 0 aromatic carbocycles. The molecule has 1 unspecified atom stereocenters. The van der Waals surface area contributed by atoms with Gasteiger partial charge in [0.1, 0.15) is 0 Å². The fourth-order valence-electron chi connectivity index (χ4n) is 1.94. The third-order valence-electron chi connectivity index (χ3n) is 2.58. The average molecular weight is 172 g/mol. The van der Waals surface area contributed by atoms with Gasteiger partial charge in [-0.05, 0) is 18.8 Å². The Morgan fingerprint density at radius 3 is 2.75 bits per heavy atom. The van der Waals surface area contributed by atoms with Crippen LogP contribution >= 0.6 is 0 Å². The van der Waals surface area contributed by atoms with Crippen molar-refractivity contribution in [3.8, 4) is 0 Å². The lowest BCUT2D eigenvalue weighted by molar-refractivity contribution is -0.139. The van der Waals surface area contributed by atoms with Gasteiger partial charge in [0.2, 0.25) is 0 Å². The summed E-state index contributed by atoms with van der Waals surface area (Å²) < 4.78 is 5.24. The van der Waals surface area contributed by atoms with Gasteiger partial charge in [-0.3, -0.25) is 4.79 Å². The van der Waals surface area contributed by atoms with Crippen molar-refractivity contribution in [3.63, 3.8) is 0 Å². The van der Waals surface area contributed by atoms with Crippen molar-refractivity contribution in [2.45, 2.75) is 38.2 Å². The molecule has 1 rings (SSSR count). The minimum Gasteiger partial charge on any atom is -0.481 e. The maximum absolute atomic E-state index is 10.5.